The van der Waals surface area contributed by atoms with Gasteiger partial charge in [0.25, 0.3) is 11.8 Å². The van der Waals surface area contributed by atoms with Crippen molar-refractivity contribution in [3.63, 3.8) is 0 Å². The number of methoxy groups -OCH3 is 3. The summed E-state index contributed by atoms with van der Waals surface area (Å²) in [6, 6.07) is 13.2. The Hall–Kier alpha value is -4.66. The first-order valence-corrected chi connectivity index (χ1v) is 10.6. The molecule has 9 nitrogen and oxygen atoms in total. The summed E-state index contributed by atoms with van der Waals surface area (Å²) in [5, 5.41) is 24.5. The lowest BCUT2D eigenvalue weighted by molar-refractivity contribution is -0.114. The molecule has 4 rings (SSSR count). The van der Waals surface area contributed by atoms with Crippen LogP contribution >= 0.6 is 0 Å². The fraction of sp³-hybridized carbons (Fsp3) is 0.154. The van der Waals surface area contributed by atoms with Crippen LogP contribution in [-0.2, 0) is 11.3 Å². The number of ether oxygens (including phenoxy) is 3. The summed E-state index contributed by atoms with van der Waals surface area (Å²) in [7, 11) is 4.57. The molecule has 3 aromatic rings. The van der Waals surface area contributed by atoms with Crippen LogP contribution in [0.5, 0.6) is 28.7 Å². The Labute approximate surface area is 201 Å². The van der Waals surface area contributed by atoms with E-state index in [0.717, 1.165) is 11.1 Å². The van der Waals surface area contributed by atoms with Gasteiger partial charge in [-0.2, -0.15) is 0 Å². The molecule has 0 saturated heterocycles. The summed E-state index contributed by atoms with van der Waals surface area (Å²) >= 11 is 0. The van der Waals surface area contributed by atoms with Crippen LogP contribution in [-0.4, -0.2) is 43.4 Å². The number of fused-ring (bicyclic) bond motifs is 1. The van der Waals surface area contributed by atoms with Gasteiger partial charge in [-0.1, -0.05) is 12.1 Å². The predicted octanol–water partition coefficient (Wildman–Crippen LogP) is 3.19. The molecule has 0 saturated carbocycles. The monoisotopic (exact) mass is 476 g/mol. The van der Waals surface area contributed by atoms with Crippen molar-refractivity contribution in [3.05, 3.63) is 71.4 Å². The van der Waals surface area contributed by atoms with Crippen LogP contribution in [0.3, 0.4) is 0 Å². The van der Waals surface area contributed by atoms with Crippen LogP contribution in [0.15, 0.2) is 54.7 Å². The van der Waals surface area contributed by atoms with E-state index in [1.165, 1.54) is 39.7 Å². The molecule has 0 unspecified atom stereocenters. The minimum atomic E-state index is -0.536. The van der Waals surface area contributed by atoms with Crippen LogP contribution in [0, 0.1) is 0 Å². The number of benzene rings is 3. The highest BCUT2D eigenvalue weighted by Crippen LogP contribution is 2.42. The number of rotatable bonds is 7. The van der Waals surface area contributed by atoms with E-state index in [1.54, 1.807) is 36.4 Å². The molecule has 180 valence electrons. The lowest BCUT2D eigenvalue weighted by atomic mass is 9.91. The second kappa shape index (κ2) is 9.68. The second-order valence-corrected chi connectivity index (χ2v) is 7.72. The fourth-order valence-corrected chi connectivity index (χ4v) is 3.85. The third-order valence-corrected chi connectivity index (χ3v) is 5.62. The Morgan fingerprint density at radius 2 is 1.51 bits per heavy atom. The number of carbonyl (C=O) groups is 2. The predicted molar refractivity (Wildman–Crippen MR) is 129 cm³/mol. The molecule has 0 spiro atoms. The molecule has 35 heavy (non-hydrogen) atoms. The van der Waals surface area contributed by atoms with Gasteiger partial charge in [0, 0.05) is 23.9 Å². The van der Waals surface area contributed by atoms with E-state index in [2.05, 4.69) is 10.6 Å². The van der Waals surface area contributed by atoms with Crippen LogP contribution < -0.4 is 24.8 Å². The van der Waals surface area contributed by atoms with Gasteiger partial charge in [0.2, 0.25) is 5.75 Å². The fourth-order valence-electron chi connectivity index (χ4n) is 3.85. The summed E-state index contributed by atoms with van der Waals surface area (Å²) in [4.78, 5) is 25.1. The Morgan fingerprint density at radius 1 is 0.800 bits per heavy atom. The van der Waals surface area contributed by atoms with Gasteiger partial charge in [0.1, 0.15) is 0 Å². The molecule has 1 aliphatic rings. The van der Waals surface area contributed by atoms with Crippen molar-refractivity contribution < 1.29 is 34.0 Å². The normalized spacial score (nSPS) is 13.7. The highest BCUT2D eigenvalue weighted by atomic mass is 16.5. The minimum Gasteiger partial charge on any atom is -0.504 e. The first-order valence-electron chi connectivity index (χ1n) is 10.6. The van der Waals surface area contributed by atoms with Crippen molar-refractivity contribution in [1.82, 2.24) is 10.6 Å². The lowest BCUT2D eigenvalue weighted by Crippen LogP contribution is -2.37. The third-order valence-electron chi connectivity index (χ3n) is 5.62. The maximum atomic E-state index is 12.7. The zero-order valence-corrected chi connectivity index (χ0v) is 19.3. The number of aromatic hydroxyl groups is 2. The number of amides is 2. The van der Waals surface area contributed by atoms with Gasteiger partial charge in [0.15, 0.2) is 23.0 Å². The third kappa shape index (κ3) is 4.56. The molecule has 0 aliphatic carbocycles. The van der Waals surface area contributed by atoms with E-state index in [9.17, 15) is 19.8 Å². The molecule has 1 aliphatic heterocycles. The number of hydrogen-bond acceptors (Lipinski definition) is 8. The molecule has 0 bridgehead atoms. The van der Waals surface area contributed by atoms with Gasteiger partial charge in [-0.15, -0.1) is 0 Å². The van der Waals surface area contributed by atoms with Crippen LogP contribution in [0.2, 0.25) is 0 Å². The van der Waals surface area contributed by atoms with Gasteiger partial charge < -0.3 is 29.7 Å². The average molecular weight is 476 g/mol. The second-order valence-electron chi connectivity index (χ2n) is 7.72. The zero-order chi connectivity index (χ0) is 25.1. The quantitative estimate of drug-likeness (QED) is 0.233. The van der Waals surface area contributed by atoms with Crippen molar-refractivity contribution >= 4 is 17.4 Å². The smallest absolute Gasteiger partial charge is 0.260 e. The van der Waals surface area contributed by atoms with Crippen molar-refractivity contribution in [2.45, 2.75) is 6.54 Å². The van der Waals surface area contributed by atoms with Gasteiger partial charge in [0.05, 0.1) is 26.9 Å². The lowest BCUT2D eigenvalue weighted by Gasteiger charge is -2.20. The number of phenolic OH excluding ortho intramolecular Hbond substituents is 2. The van der Waals surface area contributed by atoms with Crippen LogP contribution in [0.25, 0.3) is 16.7 Å². The highest BCUT2D eigenvalue weighted by molar-refractivity contribution is 6.31. The van der Waals surface area contributed by atoms with Gasteiger partial charge in [-0.05, 0) is 53.1 Å². The number of nitrogens with one attached hydrogen (secondary N) is 2. The topological polar surface area (TPSA) is 126 Å². The Kier molecular flexibility index (Phi) is 6.50. The first kappa shape index (κ1) is 23.5. The largest absolute Gasteiger partial charge is 0.504 e. The molecule has 3 aromatic carbocycles. The average Bonchev–Trinajstić information content (AvgIpc) is 2.86. The van der Waals surface area contributed by atoms with Crippen molar-refractivity contribution in [2.24, 2.45) is 0 Å². The molecule has 0 fully saturated rings. The van der Waals surface area contributed by atoms with E-state index in [-0.39, 0.29) is 23.6 Å². The summed E-state index contributed by atoms with van der Waals surface area (Å²) in [5.41, 5.74) is 3.27. The van der Waals surface area contributed by atoms with E-state index < -0.39 is 11.8 Å². The number of hydrogen-bond donors (Lipinski definition) is 4. The molecule has 2 amide bonds. The SMILES string of the molecule is COc1cc(-c2ccc3c(c2)/C(=C\NCc2ccc(O)c(O)c2)C(=O)NC3=O)cc(OC)c1OC. The van der Waals surface area contributed by atoms with Gasteiger partial charge in [-0.25, -0.2) is 0 Å². The minimum absolute atomic E-state index is 0.217. The van der Waals surface area contributed by atoms with E-state index >= 15 is 0 Å². The molecular weight excluding hydrogens is 452 g/mol. The highest BCUT2D eigenvalue weighted by Gasteiger charge is 2.28. The Bertz CT molecular complexity index is 1320. The summed E-state index contributed by atoms with van der Waals surface area (Å²) in [6.45, 7) is 0.278. The van der Waals surface area contributed by atoms with Crippen LogP contribution in [0.1, 0.15) is 21.5 Å². The maximum Gasteiger partial charge on any atom is 0.260 e. The van der Waals surface area contributed by atoms with E-state index in [4.69, 9.17) is 14.2 Å². The molecule has 9 heteroatoms. The number of imide groups is 1. The van der Waals surface area contributed by atoms with Crippen molar-refractivity contribution in [3.8, 4) is 39.9 Å². The Morgan fingerprint density at radius 3 is 2.14 bits per heavy atom. The van der Waals surface area contributed by atoms with E-state index in [0.29, 0.717) is 33.9 Å². The van der Waals surface area contributed by atoms with Crippen LogP contribution in [0.4, 0.5) is 0 Å². The van der Waals surface area contributed by atoms with Gasteiger partial charge >= 0.3 is 0 Å². The summed E-state index contributed by atoms with van der Waals surface area (Å²) < 4.78 is 16.3. The van der Waals surface area contributed by atoms with Crippen molar-refractivity contribution in [2.75, 3.05) is 21.3 Å². The number of carbonyl (C=O) groups excluding carboxylic acids is 2. The molecular formula is C26H24N2O7. The molecule has 0 atom stereocenters. The molecule has 0 radical (unpaired) electrons. The molecule has 0 aromatic heterocycles. The maximum absolute atomic E-state index is 12.7. The summed E-state index contributed by atoms with van der Waals surface area (Å²) in [5.74, 6) is -0.0706. The summed E-state index contributed by atoms with van der Waals surface area (Å²) in [6.07, 6.45) is 1.52. The zero-order valence-electron chi connectivity index (χ0n) is 19.3. The van der Waals surface area contributed by atoms with E-state index in [1.807, 2.05) is 0 Å². The number of phenols is 2. The van der Waals surface area contributed by atoms with Crippen molar-refractivity contribution in [1.29, 1.82) is 0 Å². The van der Waals surface area contributed by atoms with Gasteiger partial charge in [-0.3, -0.25) is 14.9 Å². The standard InChI is InChI=1S/C26H24N2O7/c1-33-22-10-16(11-23(34-2)24(22)35-3)15-5-6-17-18(9-15)19(26(32)28-25(17)31)13-27-12-14-4-7-20(29)21(30)8-14/h4-11,13,27,29-30H,12H2,1-3H3,(H,28,31,32)/b19-13+. The molecule has 4 N–H and O–H groups in total. The first-order chi connectivity index (χ1) is 16.9. The Balaban J connectivity index is 1.72. The molecule has 1 heterocycles.